The third-order valence-corrected chi connectivity index (χ3v) is 7.15. The number of benzene rings is 2. The minimum Gasteiger partial charge on any atom is -0.370 e. The number of aryl methyl sites for hydroxylation is 1. The van der Waals surface area contributed by atoms with Crippen LogP contribution in [0.3, 0.4) is 0 Å². The van der Waals surface area contributed by atoms with Crippen LogP contribution < -0.4 is 11.1 Å². The molecule has 1 unspecified atom stereocenters. The first-order valence-electron chi connectivity index (χ1n) is 11.7. The zero-order chi connectivity index (χ0) is 24.2. The molecule has 0 bridgehead atoms. The highest BCUT2D eigenvalue weighted by atomic mass is 79.9. The number of rotatable bonds is 8. The van der Waals surface area contributed by atoms with Crippen LogP contribution in [0.25, 0.3) is 11.0 Å². The summed E-state index contributed by atoms with van der Waals surface area (Å²) in [6, 6.07) is 12.8. The van der Waals surface area contributed by atoms with Gasteiger partial charge in [-0.1, -0.05) is 48.2 Å². The Morgan fingerprint density at radius 3 is 2.50 bits per heavy atom. The molecule has 0 aliphatic heterocycles. The van der Waals surface area contributed by atoms with Crippen LogP contribution in [0.2, 0.25) is 0 Å². The molecule has 0 spiro atoms. The van der Waals surface area contributed by atoms with Gasteiger partial charge in [-0.3, -0.25) is 19.7 Å². The molecule has 1 heterocycles. The highest BCUT2D eigenvalue weighted by molar-refractivity contribution is 9.10. The van der Waals surface area contributed by atoms with Crippen molar-refractivity contribution >= 4 is 50.5 Å². The SMILES string of the molecule is CC(C(=O)C1CCCCC1)c1ccc2c(c1)nc(NC(=O)c1ccc(Br)cc1)n2CCC(N)=O. The van der Waals surface area contributed by atoms with Gasteiger partial charge in [0.15, 0.2) is 0 Å². The van der Waals surface area contributed by atoms with Crippen LogP contribution in [0.4, 0.5) is 5.95 Å². The molecule has 1 atom stereocenters. The monoisotopic (exact) mass is 524 g/mol. The van der Waals surface area contributed by atoms with Crippen molar-refractivity contribution in [1.29, 1.82) is 0 Å². The lowest BCUT2D eigenvalue weighted by Crippen LogP contribution is -2.22. The van der Waals surface area contributed by atoms with Gasteiger partial charge in [-0.2, -0.15) is 0 Å². The number of ketones is 1. The quantitative estimate of drug-likeness (QED) is 0.423. The lowest BCUT2D eigenvalue weighted by molar-refractivity contribution is -0.125. The second-order valence-corrected chi connectivity index (χ2v) is 9.89. The fourth-order valence-corrected chi connectivity index (χ4v) is 4.90. The number of anilines is 1. The molecule has 7 nitrogen and oxygen atoms in total. The van der Waals surface area contributed by atoms with E-state index in [1.165, 1.54) is 6.42 Å². The molecule has 0 saturated heterocycles. The lowest BCUT2D eigenvalue weighted by Gasteiger charge is -2.23. The van der Waals surface area contributed by atoms with Gasteiger partial charge in [0.05, 0.1) is 11.0 Å². The molecule has 3 aromatic rings. The summed E-state index contributed by atoms with van der Waals surface area (Å²) < 4.78 is 2.66. The number of Topliss-reactive ketones (excluding diaryl/α,β-unsaturated/α-hetero) is 1. The Kier molecular flexibility index (Phi) is 7.46. The molecular formula is C26H29BrN4O3. The Bertz CT molecular complexity index is 1210. The number of carbonyl (C=O) groups excluding carboxylic acids is 3. The van der Waals surface area contributed by atoms with Crippen LogP contribution in [0.15, 0.2) is 46.9 Å². The summed E-state index contributed by atoms with van der Waals surface area (Å²) in [5.74, 6) is -0.194. The van der Waals surface area contributed by atoms with Gasteiger partial charge in [-0.25, -0.2) is 4.98 Å². The minimum atomic E-state index is -0.435. The highest BCUT2D eigenvalue weighted by Crippen LogP contribution is 2.32. The second kappa shape index (κ2) is 10.5. The Morgan fingerprint density at radius 1 is 1.12 bits per heavy atom. The van der Waals surface area contributed by atoms with E-state index >= 15 is 0 Å². The van der Waals surface area contributed by atoms with E-state index < -0.39 is 5.91 Å². The molecule has 4 rings (SSSR count). The summed E-state index contributed by atoms with van der Waals surface area (Å²) in [6.07, 6.45) is 5.51. The van der Waals surface area contributed by atoms with Crippen molar-refractivity contribution in [3.63, 3.8) is 0 Å². The molecule has 8 heteroatoms. The molecule has 2 aromatic carbocycles. The molecule has 178 valence electrons. The van der Waals surface area contributed by atoms with Crippen molar-refractivity contribution in [3.05, 3.63) is 58.1 Å². The van der Waals surface area contributed by atoms with E-state index in [0.29, 0.717) is 17.0 Å². The van der Waals surface area contributed by atoms with Crippen LogP contribution in [0, 0.1) is 5.92 Å². The van der Waals surface area contributed by atoms with Crippen LogP contribution in [-0.2, 0) is 16.1 Å². The van der Waals surface area contributed by atoms with E-state index in [-0.39, 0.29) is 36.5 Å². The molecule has 1 fully saturated rings. The maximum absolute atomic E-state index is 13.1. The Labute approximate surface area is 207 Å². The van der Waals surface area contributed by atoms with Crippen LogP contribution >= 0.6 is 15.9 Å². The van der Waals surface area contributed by atoms with Crippen LogP contribution in [-0.4, -0.2) is 27.1 Å². The van der Waals surface area contributed by atoms with Crippen molar-refractivity contribution in [2.24, 2.45) is 11.7 Å². The maximum Gasteiger partial charge on any atom is 0.257 e. The maximum atomic E-state index is 13.1. The Morgan fingerprint density at radius 2 is 1.82 bits per heavy atom. The molecule has 1 aromatic heterocycles. The van der Waals surface area contributed by atoms with Gasteiger partial charge in [0.1, 0.15) is 5.78 Å². The van der Waals surface area contributed by atoms with Crippen molar-refractivity contribution in [2.45, 2.75) is 57.9 Å². The van der Waals surface area contributed by atoms with E-state index in [2.05, 4.69) is 26.2 Å². The first kappa shape index (κ1) is 24.1. The number of imidazole rings is 1. The molecule has 1 aliphatic carbocycles. The number of hydrogen-bond acceptors (Lipinski definition) is 4. The van der Waals surface area contributed by atoms with Crippen molar-refractivity contribution in [2.75, 3.05) is 5.32 Å². The standard InChI is InChI=1S/C26H29BrN4O3/c1-16(24(33)17-5-3-2-4-6-17)19-9-12-22-21(15-19)29-26(31(22)14-13-23(28)32)30-25(34)18-7-10-20(27)11-8-18/h7-12,15-17H,2-6,13-14H2,1H3,(H2,28,32)(H,29,30,34). The van der Waals surface area contributed by atoms with Crippen LogP contribution in [0.5, 0.6) is 0 Å². The predicted molar refractivity (Wildman–Crippen MR) is 136 cm³/mol. The summed E-state index contributed by atoms with van der Waals surface area (Å²) >= 11 is 3.37. The first-order chi connectivity index (χ1) is 16.3. The number of nitrogens with two attached hydrogens (primary N) is 1. The number of nitrogens with zero attached hydrogens (tertiary/aromatic N) is 2. The number of halogens is 1. The van der Waals surface area contributed by atoms with Crippen LogP contribution in [0.1, 0.15) is 67.3 Å². The molecular weight excluding hydrogens is 496 g/mol. The predicted octanol–water partition coefficient (Wildman–Crippen LogP) is 5.18. The largest absolute Gasteiger partial charge is 0.370 e. The zero-order valence-corrected chi connectivity index (χ0v) is 20.8. The van der Waals surface area contributed by atoms with Crippen molar-refractivity contribution in [1.82, 2.24) is 9.55 Å². The summed E-state index contributed by atoms with van der Waals surface area (Å²) in [4.78, 5) is 42.0. The average molecular weight is 525 g/mol. The number of amides is 2. The second-order valence-electron chi connectivity index (χ2n) is 8.97. The molecule has 0 radical (unpaired) electrons. The number of hydrogen-bond donors (Lipinski definition) is 2. The highest BCUT2D eigenvalue weighted by Gasteiger charge is 2.27. The minimum absolute atomic E-state index is 0.116. The average Bonchev–Trinajstić information content (AvgIpc) is 3.18. The summed E-state index contributed by atoms with van der Waals surface area (Å²) in [5, 5.41) is 2.86. The van der Waals surface area contributed by atoms with Crippen molar-refractivity contribution < 1.29 is 14.4 Å². The van der Waals surface area contributed by atoms with E-state index in [4.69, 9.17) is 5.73 Å². The molecule has 1 aliphatic rings. The smallest absolute Gasteiger partial charge is 0.257 e. The van der Waals surface area contributed by atoms with Gasteiger partial charge in [-0.05, 0) is 54.8 Å². The van der Waals surface area contributed by atoms with Gasteiger partial charge < -0.3 is 10.3 Å². The normalized spacial score (nSPS) is 15.2. The lowest BCUT2D eigenvalue weighted by atomic mass is 9.80. The first-order valence-corrected chi connectivity index (χ1v) is 12.5. The van der Waals surface area contributed by atoms with Gasteiger partial charge in [0, 0.05) is 34.8 Å². The summed E-state index contributed by atoms with van der Waals surface area (Å²) in [7, 11) is 0. The van der Waals surface area contributed by atoms with E-state index in [1.54, 1.807) is 28.8 Å². The number of carbonyl (C=O) groups is 3. The third kappa shape index (κ3) is 5.38. The zero-order valence-electron chi connectivity index (χ0n) is 19.2. The van der Waals surface area contributed by atoms with Gasteiger partial charge in [-0.15, -0.1) is 0 Å². The Balaban J connectivity index is 1.63. The van der Waals surface area contributed by atoms with E-state index in [9.17, 15) is 14.4 Å². The summed E-state index contributed by atoms with van der Waals surface area (Å²) in [5.41, 5.74) is 8.21. The number of aromatic nitrogens is 2. The molecule has 2 amide bonds. The third-order valence-electron chi connectivity index (χ3n) is 6.62. The number of fused-ring (bicyclic) bond motifs is 1. The van der Waals surface area contributed by atoms with Gasteiger partial charge in [0.25, 0.3) is 5.91 Å². The van der Waals surface area contributed by atoms with Crippen molar-refractivity contribution in [3.8, 4) is 0 Å². The molecule has 3 N–H and O–H groups in total. The van der Waals surface area contributed by atoms with E-state index in [0.717, 1.165) is 41.2 Å². The summed E-state index contributed by atoms with van der Waals surface area (Å²) in [6.45, 7) is 2.25. The van der Waals surface area contributed by atoms with E-state index in [1.807, 2.05) is 25.1 Å². The van der Waals surface area contributed by atoms with Gasteiger partial charge >= 0.3 is 0 Å². The molecule has 34 heavy (non-hydrogen) atoms. The number of primary amides is 1. The fraction of sp³-hybridized carbons (Fsp3) is 0.385. The topological polar surface area (TPSA) is 107 Å². The Hall–Kier alpha value is -3.00. The fourth-order valence-electron chi connectivity index (χ4n) is 4.64. The molecule has 1 saturated carbocycles. The number of nitrogens with one attached hydrogen (secondary N) is 1. The van der Waals surface area contributed by atoms with Gasteiger partial charge in [0.2, 0.25) is 11.9 Å².